The molecule has 2 aromatic heterocycles. The van der Waals surface area contributed by atoms with Gasteiger partial charge in [0.25, 0.3) is 0 Å². The summed E-state index contributed by atoms with van der Waals surface area (Å²) >= 11 is 6.11. The van der Waals surface area contributed by atoms with E-state index < -0.39 is 0 Å². The summed E-state index contributed by atoms with van der Waals surface area (Å²) in [4.78, 5) is 4.37. The Morgan fingerprint density at radius 3 is 2.78 bits per heavy atom. The Kier molecular flexibility index (Phi) is 4.12. The Balaban J connectivity index is 2.17. The number of furan rings is 1. The molecule has 0 unspecified atom stereocenters. The van der Waals surface area contributed by atoms with Crippen LogP contribution in [0.2, 0.25) is 0 Å². The first-order valence-electron chi connectivity index (χ1n) is 6.36. The van der Waals surface area contributed by atoms with Crippen LogP contribution in [0.3, 0.4) is 0 Å². The normalized spacial score (nSPS) is 11.9. The number of nitrogens with one attached hydrogen (secondary N) is 1. The Hall–Kier alpha value is -1.22. The topological polar surface area (TPSA) is 38.1 Å². The predicted molar refractivity (Wildman–Crippen MR) is 76.2 cm³/mol. The fraction of sp³-hybridized carbons (Fsp3) is 0.500. The first-order valence-corrected chi connectivity index (χ1v) is 6.90. The van der Waals surface area contributed by atoms with E-state index >= 15 is 0 Å². The molecule has 0 atom stereocenters. The Morgan fingerprint density at radius 2 is 2.11 bits per heavy atom. The maximum atomic E-state index is 6.11. The maximum absolute atomic E-state index is 6.11. The van der Waals surface area contributed by atoms with Crippen LogP contribution < -0.4 is 5.32 Å². The number of nitrogens with zero attached hydrogens (tertiary/aromatic N) is 1. The van der Waals surface area contributed by atoms with E-state index in [2.05, 4.69) is 24.1 Å². The number of halogens is 1. The Labute approximate surface area is 113 Å². The summed E-state index contributed by atoms with van der Waals surface area (Å²) in [5, 5.41) is 4.43. The summed E-state index contributed by atoms with van der Waals surface area (Å²) in [6.45, 7) is 5.19. The van der Waals surface area contributed by atoms with Crippen molar-refractivity contribution in [2.45, 2.75) is 26.7 Å². The molecule has 0 fully saturated rings. The second kappa shape index (κ2) is 5.61. The van der Waals surface area contributed by atoms with Gasteiger partial charge in [0, 0.05) is 24.0 Å². The first kappa shape index (κ1) is 13.2. The summed E-state index contributed by atoms with van der Waals surface area (Å²) in [5.41, 5.74) is 0.992. The van der Waals surface area contributed by atoms with E-state index in [9.17, 15) is 0 Å². The molecule has 0 saturated carbocycles. The molecule has 0 aliphatic heterocycles. The van der Waals surface area contributed by atoms with Gasteiger partial charge < -0.3 is 9.73 Å². The van der Waals surface area contributed by atoms with Gasteiger partial charge in [-0.1, -0.05) is 13.8 Å². The van der Waals surface area contributed by atoms with Crippen LogP contribution in [0, 0.1) is 5.41 Å². The van der Waals surface area contributed by atoms with Gasteiger partial charge in [0.15, 0.2) is 0 Å². The van der Waals surface area contributed by atoms with Gasteiger partial charge in [0.1, 0.15) is 11.4 Å². The first-order chi connectivity index (χ1) is 8.74. The average Bonchev–Trinajstić information content (AvgIpc) is 2.90. The third kappa shape index (κ3) is 2.46. The second-order valence-corrected chi connectivity index (χ2v) is 4.95. The Bertz CT molecular complexity index is 497. The highest BCUT2D eigenvalue weighted by Gasteiger charge is 2.25. The van der Waals surface area contributed by atoms with Crippen LogP contribution in [-0.2, 0) is 0 Å². The number of anilines is 1. The van der Waals surface area contributed by atoms with E-state index in [4.69, 9.17) is 16.0 Å². The molecule has 2 rings (SSSR count). The zero-order chi connectivity index (χ0) is 13.0. The molecule has 0 aromatic carbocycles. The molecule has 2 aromatic rings. The molecule has 2 heterocycles. The van der Waals surface area contributed by atoms with Crippen molar-refractivity contribution in [1.82, 2.24) is 4.98 Å². The molecule has 1 N–H and O–H groups in total. The van der Waals surface area contributed by atoms with Crippen LogP contribution in [0.4, 0.5) is 5.82 Å². The van der Waals surface area contributed by atoms with Crippen LogP contribution in [0.15, 0.2) is 29.0 Å². The van der Waals surface area contributed by atoms with Crippen molar-refractivity contribution in [2.24, 2.45) is 5.41 Å². The molecule has 0 spiro atoms. The molecule has 98 valence electrons. The van der Waals surface area contributed by atoms with E-state index in [1.807, 2.05) is 12.1 Å². The van der Waals surface area contributed by atoms with Crippen LogP contribution in [0.1, 0.15) is 26.7 Å². The summed E-state index contributed by atoms with van der Waals surface area (Å²) in [5.74, 6) is 1.53. The van der Waals surface area contributed by atoms with Crippen molar-refractivity contribution in [1.29, 1.82) is 0 Å². The van der Waals surface area contributed by atoms with E-state index in [0.717, 1.165) is 36.2 Å². The molecule has 0 saturated heterocycles. The molecule has 0 radical (unpaired) electrons. The van der Waals surface area contributed by atoms with Gasteiger partial charge in [-0.15, -0.1) is 11.6 Å². The number of alkyl halides is 1. The monoisotopic (exact) mass is 266 g/mol. The molecular formula is C14H19ClN2O. The van der Waals surface area contributed by atoms with E-state index in [0.29, 0.717) is 5.88 Å². The summed E-state index contributed by atoms with van der Waals surface area (Å²) in [6, 6.07) is 3.81. The third-order valence-corrected chi connectivity index (χ3v) is 4.36. The van der Waals surface area contributed by atoms with Crippen molar-refractivity contribution in [3.63, 3.8) is 0 Å². The molecule has 0 bridgehead atoms. The molecule has 0 aliphatic rings. The SMILES string of the molecule is CCC(CC)(CCl)CNc1nccc2occc12. The molecule has 18 heavy (non-hydrogen) atoms. The summed E-state index contributed by atoms with van der Waals surface area (Å²) in [7, 11) is 0. The summed E-state index contributed by atoms with van der Waals surface area (Å²) < 4.78 is 5.36. The minimum Gasteiger partial charge on any atom is -0.464 e. The van der Waals surface area contributed by atoms with Gasteiger partial charge in [-0.3, -0.25) is 0 Å². The van der Waals surface area contributed by atoms with Gasteiger partial charge >= 0.3 is 0 Å². The minimum absolute atomic E-state index is 0.134. The van der Waals surface area contributed by atoms with Crippen molar-refractivity contribution >= 4 is 28.4 Å². The zero-order valence-corrected chi connectivity index (χ0v) is 11.6. The van der Waals surface area contributed by atoms with Crippen LogP contribution in [-0.4, -0.2) is 17.4 Å². The van der Waals surface area contributed by atoms with Crippen molar-refractivity contribution in [2.75, 3.05) is 17.7 Å². The van der Waals surface area contributed by atoms with Gasteiger partial charge in [0.2, 0.25) is 0 Å². The van der Waals surface area contributed by atoms with Crippen molar-refractivity contribution in [3.05, 3.63) is 24.6 Å². The molecule has 4 heteroatoms. The molecular weight excluding hydrogens is 248 g/mol. The Morgan fingerprint density at radius 1 is 1.33 bits per heavy atom. The van der Waals surface area contributed by atoms with Gasteiger partial charge in [0.05, 0.1) is 11.6 Å². The van der Waals surface area contributed by atoms with Crippen molar-refractivity contribution in [3.8, 4) is 0 Å². The number of hydrogen-bond donors (Lipinski definition) is 1. The van der Waals surface area contributed by atoms with Crippen LogP contribution in [0.5, 0.6) is 0 Å². The molecule has 0 amide bonds. The maximum Gasteiger partial charge on any atom is 0.139 e. The number of aromatic nitrogens is 1. The zero-order valence-electron chi connectivity index (χ0n) is 10.9. The van der Waals surface area contributed by atoms with Gasteiger partial charge in [-0.25, -0.2) is 4.98 Å². The lowest BCUT2D eigenvalue weighted by atomic mass is 9.84. The number of hydrogen-bond acceptors (Lipinski definition) is 3. The lowest BCUT2D eigenvalue weighted by Crippen LogP contribution is -2.30. The quantitative estimate of drug-likeness (QED) is 0.793. The van der Waals surface area contributed by atoms with E-state index in [1.54, 1.807) is 12.5 Å². The highest BCUT2D eigenvalue weighted by atomic mass is 35.5. The lowest BCUT2D eigenvalue weighted by Gasteiger charge is -2.29. The van der Waals surface area contributed by atoms with Gasteiger partial charge in [-0.05, 0) is 25.0 Å². The molecule has 0 aliphatic carbocycles. The number of pyridine rings is 1. The standard InChI is InChI=1S/C14H19ClN2O/c1-3-14(4-2,9-15)10-17-13-11-6-8-18-12(11)5-7-16-13/h5-8H,3-4,9-10H2,1-2H3,(H,16,17). The largest absolute Gasteiger partial charge is 0.464 e. The number of fused-ring (bicyclic) bond motifs is 1. The average molecular weight is 267 g/mol. The van der Waals surface area contributed by atoms with Gasteiger partial charge in [-0.2, -0.15) is 0 Å². The van der Waals surface area contributed by atoms with Crippen molar-refractivity contribution < 1.29 is 4.42 Å². The fourth-order valence-electron chi connectivity index (χ4n) is 2.04. The van der Waals surface area contributed by atoms with E-state index in [1.165, 1.54) is 0 Å². The fourth-order valence-corrected chi connectivity index (χ4v) is 2.52. The van der Waals surface area contributed by atoms with Crippen LogP contribution in [0.25, 0.3) is 11.0 Å². The smallest absolute Gasteiger partial charge is 0.139 e. The van der Waals surface area contributed by atoms with Crippen LogP contribution >= 0.6 is 11.6 Å². The van der Waals surface area contributed by atoms with E-state index in [-0.39, 0.29) is 5.41 Å². The molecule has 3 nitrogen and oxygen atoms in total. The highest BCUT2D eigenvalue weighted by Crippen LogP contribution is 2.29. The summed E-state index contributed by atoms with van der Waals surface area (Å²) in [6.07, 6.45) is 5.56. The number of rotatable bonds is 6. The minimum atomic E-state index is 0.134. The third-order valence-electron chi connectivity index (χ3n) is 3.79. The highest BCUT2D eigenvalue weighted by molar-refractivity contribution is 6.18. The lowest BCUT2D eigenvalue weighted by molar-refractivity contribution is 0.326. The second-order valence-electron chi connectivity index (χ2n) is 4.69. The predicted octanol–water partition coefficient (Wildman–Crippen LogP) is 4.28.